The van der Waals surface area contributed by atoms with Crippen LogP contribution in [0.4, 0.5) is 5.69 Å². The molecule has 0 saturated carbocycles. The number of nitrogen functional groups attached to an aromatic ring is 1. The zero-order valence-corrected chi connectivity index (χ0v) is 11.1. The van der Waals surface area contributed by atoms with Gasteiger partial charge in [0.25, 0.3) is 5.91 Å². The van der Waals surface area contributed by atoms with Crippen LogP contribution < -0.4 is 5.73 Å². The largest absolute Gasteiger partial charge is 0.397 e. The van der Waals surface area contributed by atoms with Crippen LogP contribution in [-0.2, 0) is 4.74 Å². The predicted molar refractivity (Wildman–Crippen MR) is 71.8 cm³/mol. The summed E-state index contributed by atoms with van der Waals surface area (Å²) in [4.78, 5) is 14.2. The summed E-state index contributed by atoms with van der Waals surface area (Å²) in [5.74, 6) is -0.0765. The maximum atomic E-state index is 12.4. The first-order valence-corrected chi connectivity index (χ1v) is 6.42. The van der Waals surface area contributed by atoms with Crippen LogP contribution in [0.2, 0.25) is 5.02 Å². The molecule has 98 valence electrons. The first-order valence-electron chi connectivity index (χ1n) is 6.04. The Labute approximate surface area is 112 Å². The molecular weight excluding hydrogens is 252 g/mol. The normalized spacial score (nSPS) is 20.6. The van der Waals surface area contributed by atoms with Crippen molar-refractivity contribution in [1.29, 1.82) is 0 Å². The van der Waals surface area contributed by atoms with Crippen LogP contribution in [-0.4, -0.2) is 36.6 Å². The Hall–Kier alpha value is -1.26. The van der Waals surface area contributed by atoms with Gasteiger partial charge in [-0.05, 0) is 25.5 Å². The first-order chi connectivity index (χ1) is 8.59. The van der Waals surface area contributed by atoms with Gasteiger partial charge in [-0.3, -0.25) is 4.79 Å². The molecule has 1 amide bonds. The smallest absolute Gasteiger partial charge is 0.256 e. The Morgan fingerprint density at radius 1 is 1.56 bits per heavy atom. The molecule has 18 heavy (non-hydrogen) atoms. The maximum Gasteiger partial charge on any atom is 0.256 e. The lowest BCUT2D eigenvalue weighted by atomic mass is 10.1. The number of rotatable bonds is 1. The number of nitrogens with zero attached hydrogens (tertiary/aromatic N) is 1. The second-order valence-electron chi connectivity index (χ2n) is 4.49. The number of hydrogen-bond acceptors (Lipinski definition) is 3. The first kappa shape index (κ1) is 13.2. The van der Waals surface area contributed by atoms with Crippen molar-refractivity contribution in [3.63, 3.8) is 0 Å². The number of amides is 1. The average Bonchev–Trinajstić information content (AvgIpc) is 2.56. The number of hydrogen-bond donors (Lipinski definition) is 1. The van der Waals surface area contributed by atoms with Crippen molar-refractivity contribution in [1.82, 2.24) is 4.90 Å². The van der Waals surface area contributed by atoms with Crippen molar-refractivity contribution in [2.45, 2.75) is 19.4 Å². The van der Waals surface area contributed by atoms with Crippen LogP contribution in [0.25, 0.3) is 0 Å². The molecule has 1 unspecified atom stereocenters. The second-order valence-corrected chi connectivity index (χ2v) is 4.89. The van der Waals surface area contributed by atoms with Crippen LogP contribution in [0, 0.1) is 0 Å². The third kappa shape index (κ3) is 2.76. The molecule has 1 heterocycles. The molecule has 1 saturated heterocycles. The maximum absolute atomic E-state index is 12.4. The van der Waals surface area contributed by atoms with Crippen LogP contribution in [0.15, 0.2) is 18.2 Å². The molecule has 2 N–H and O–H groups in total. The van der Waals surface area contributed by atoms with Gasteiger partial charge in [-0.15, -0.1) is 0 Å². The molecule has 1 aromatic rings. The van der Waals surface area contributed by atoms with Crippen LogP contribution >= 0.6 is 11.6 Å². The Bertz CT molecular complexity index is 451. The molecule has 0 aliphatic carbocycles. The summed E-state index contributed by atoms with van der Waals surface area (Å²) >= 11 is 5.94. The van der Waals surface area contributed by atoms with Gasteiger partial charge in [0.1, 0.15) is 0 Å². The van der Waals surface area contributed by atoms with Crippen LogP contribution in [0.5, 0.6) is 0 Å². The minimum absolute atomic E-state index is 0.0526. The number of para-hydroxylation sites is 1. The van der Waals surface area contributed by atoms with Crippen molar-refractivity contribution in [2.75, 3.05) is 25.4 Å². The molecule has 0 aromatic heterocycles. The van der Waals surface area contributed by atoms with E-state index in [1.165, 1.54) is 0 Å². The Morgan fingerprint density at radius 3 is 3.11 bits per heavy atom. The zero-order valence-electron chi connectivity index (χ0n) is 10.4. The van der Waals surface area contributed by atoms with Crippen LogP contribution in [0.3, 0.4) is 0 Å². The van der Waals surface area contributed by atoms with Crippen molar-refractivity contribution in [3.8, 4) is 0 Å². The van der Waals surface area contributed by atoms with Gasteiger partial charge < -0.3 is 15.4 Å². The molecule has 0 radical (unpaired) electrons. The third-order valence-corrected chi connectivity index (χ3v) is 3.35. The summed E-state index contributed by atoms with van der Waals surface area (Å²) in [5.41, 5.74) is 6.67. The fourth-order valence-corrected chi connectivity index (χ4v) is 2.25. The van der Waals surface area contributed by atoms with Gasteiger partial charge in [-0.25, -0.2) is 0 Å². The number of ether oxygens (including phenoxy) is 1. The van der Waals surface area contributed by atoms with E-state index in [1.54, 1.807) is 23.1 Å². The summed E-state index contributed by atoms with van der Waals surface area (Å²) in [6.07, 6.45) is 0.896. The van der Waals surface area contributed by atoms with Gasteiger partial charge in [0.15, 0.2) is 0 Å². The van der Waals surface area contributed by atoms with E-state index >= 15 is 0 Å². The monoisotopic (exact) mass is 268 g/mol. The van der Waals surface area contributed by atoms with E-state index in [0.29, 0.717) is 36.0 Å². The molecule has 1 aliphatic rings. The molecule has 1 aliphatic heterocycles. The number of carbonyl (C=O) groups is 1. The zero-order chi connectivity index (χ0) is 13.1. The second kappa shape index (κ2) is 5.59. The Kier molecular flexibility index (Phi) is 4.09. The summed E-state index contributed by atoms with van der Waals surface area (Å²) in [6.45, 7) is 3.93. The van der Waals surface area contributed by atoms with Crippen LogP contribution in [0.1, 0.15) is 23.7 Å². The van der Waals surface area contributed by atoms with E-state index in [9.17, 15) is 4.79 Å². The van der Waals surface area contributed by atoms with E-state index in [1.807, 2.05) is 6.92 Å². The molecule has 0 spiro atoms. The van der Waals surface area contributed by atoms with Gasteiger partial charge in [0, 0.05) is 19.7 Å². The van der Waals surface area contributed by atoms with Crippen molar-refractivity contribution >= 4 is 23.2 Å². The topological polar surface area (TPSA) is 55.6 Å². The lowest BCUT2D eigenvalue weighted by Crippen LogP contribution is -2.36. The highest BCUT2D eigenvalue weighted by Gasteiger charge is 2.22. The molecular formula is C13H17ClN2O2. The Balaban J connectivity index is 2.22. The number of halogens is 1. The number of carbonyl (C=O) groups excluding carboxylic acids is 1. The lowest BCUT2D eigenvalue weighted by molar-refractivity contribution is 0.0563. The molecule has 5 heteroatoms. The highest BCUT2D eigenvalue weighted by Crippen LogP contribution is 2.24. The van der Waals surface area contributed by atoms with E-state index < -0.39 is 0 Å². The molecule has 2 rings (SSSR count). The van der Waals surface area contributed by atoms with Crippen molar-refractivity contribution < 1.29 is 9.53 Å². The van der Waals surface area contributed by atoms with E-state index in [-0.39, 0.29) is 12.0 Å². The fraction of sp³-hybridized carbons (Fsp3) is 0.462. The molecule has 1 aromatic carbocycles. The quantitative estimate of drug-likeness (QED) is 0.794. The van der Waals surface area contributed by atoms with E-state index in [0.717, 1.165) is 6.42 Å². The van der Waals surface area contributed by atoms with Gasteiger partial charge in [-0.2, -0.15) is 0 Å². The van der Waals surface area contributed by atoms with E-state index in [2.05, 4.69) is 0 Å². The molecule has 1 fully saturated rings. The predicted octanol–water partition coefficient (Wildman–Crippen LogP) is 2.17. The van der Waals surface area contributed by atoms with Gasteiger partial charge in [0.2, 0.25) is 0 Å². The van der Waals surface area contributed by atoms with Crippen molar-refractivity contribution in [3.05, 3.63) is 28.8 Å². The molecule has 1 atom stereocenters. The summed E-state index contributed by atoms with van der Waals surface area (Å²) in [6, 6.07) is 5.13. The highest BCUT2D eigenvalue weighted by molar-refractivity contribution is 6.33. The van der Waals surface area contributed by atoms with E-state index in [4.69, 9.17) is 22.1 Å². The van der Waals surface area contributed by atoms with Gasteiger partial charge >= 0.3 is 0 Å². The SMILES string of the molecule is CC1CN(C(=O)c2cccc(Cl)c2N)CCCO1. The average molecular weight is 269 g/mol. The third-order valence-electron chi connectivity index (χ3n) is 3.02. The van der Waals surface area contributed by atoms with Crippen molar-refractivity contribution in [2.24, 2.45) is 0 Å². The number of anilines is 1. The highest BCUT2D eigenvalue weighted by atomic mass is 35.5. The Morgan fingerprint density at radius 2 is 2.33 bits per heavy atom. The molecule has 4 nitrogen and oxygen atoms in total. The van der Waals surface area contributed by atoms with Gasteiger partial charge in [0.05, 0.1) is 22.4 Å². The summed E-state index contributed by atoms with van der Waals surface area (Å²) < 4.78 is 5.52. The fourth-order valence-electron chi connectivity index (χ4n) is 2.07. The summed E-state index contributed by atoms with van der Waals surface area (Å²) in [5, 5.41) is 0.417. The lowest BCUT2D eigenvalue weighted by Gasteiger charge is -2.23. The number of benzene rings is 1. The summed E-state index contributed by atoms with van der Waals surface area (Å²) in [7, 11) is 0. The minimum atomic E-state index is -0.0765. The van der Waals surface area contributed by atoms with Gasteiger partial charge in [-0.1, -0.05) is 17.7 Å². The standard InChI is InChI=1S/C13H17ClN2O2/c1-9-8-16(6-3-7-18-9)13(17)10-4-2-5-11(14)12(10)15/h2,4-5,9H,3,6-8,15H2,1H3. The minimum Gasteiger partial charge on any atom is -0.397 e. The molecule has 0 bridgehead atoms. The number of nitrogens with two attached hydrogens (primary N) is 1.